The maximum Gasteiger partial charge on any atom is 0.0879 e. The molecule has 2 atom stereocenters. The second-order valence-corrected chi connectivity index (χ2v) is 3.83. The molecule has 0 aliphatic carbocycles. The first-order chi connectivity index (χ1) is 4.90. The molecule has 0 bridgehead atoms. The van der Waals surface area contributed by atoms with Crippen molar-refractivity contribution < 1.29 is 9.84 Å². The van der Waals surface area contributed by atoms with Gasteiger partial charge in [0.05, 0.1) is 11.7 Å². The normalized spacial score (nSPS) is 19.9. The van der Waals surface area contributed by atoms with E-state index in [0.29, 0.717) is 5.92 Å². The number of methoxy groups -OCH3 is 1. The van der Waals surface area contributed by atoms with Crippen LogP contribution in [0.2, 0.25) is 0 Å². The number of rotatable bonds is 4. The van der Waals surface area contributed by atoms with Crippen LogP contribution in [0.15, 0.2) is 0 Å². The number of hydrogen-bond donors (Lipinski definition) is 1. The Balaban J connectivity index is 3.98. The number of hydrogen-bond acceptors (Lipinski definition) is 2. The van der Waals surface area contributed by atoms with Gasteiger partial charge < -0.3 is 9.84 Å². The van der Waals surface area contributed by atoms with Crippen LogP contribution < -0.4 is 0 Å². The zero-order valence-corrected chi connectivity index (χ0v) is 8.22. The molecule has 2 unspecified atom stereocenters. The molecule has 2 nitrogen and oxygen atoms in total. The van der Waals surface area contributed by atoms with E-state index < -0.39 is 5.60 Å². The molecule has 0 aromatic carbocycles. The third kappa shape index (κ3) is 3.73. The second kappa shape index (κ2) is 4.07. The van der Waals surface area contributed by atoms with E-state index in [1.54, 1.807) is 7.11 Å². The Morgan fingerprint density at radius 1 is 1.36 bits per heavy atom. The van der Waals surface area contributed by atoms with Gasteiger partial charge in [-0.05, 0) is 26.2 Å². The summed E-state index contributed by atoms with van der Waals surface area (Å²) in [6.45, 7) is 7.90. The van der Waals surface area contributed by atoms with Gasteiger partial charge in [-0.2, -0.15) is 0 Å². The van der Waals surface area contributed by atoms with Crippen LogP contribution in [0.25, 0.3) is 0 Å². The molecule has 0 aliphatic heterocycles. The molecule has 0 amide bonds. The fourth-order valence-corrected chi connectivity index (χ4v) is 1.25. The first kappa shape index (κ1) is 10.9. The quantitative estimate of drug-likeness (QED) is 0.679. The van der Waals surface area contributed by atoms with Crippen molar-refractivity contribution in [3.8, 4) is 0 Å². The predicted octanol–water partition coefficient (Wildman–Crippen LogP) is 1.82. The monoisotopic (exact) mass is 160 g/mol. The number of aliphatic hydroxyl groups is 1. The minimum atomic E-state index is -0.692. The molecule has 0 aliphatic rings. The highest BCUT2D eigenvalue weighted by Gasteiger charge is 2.28. The molecule has 0 aromatic heterocycles. The Morgan fingerprint density at radius 3 is 2.09 bits per heavy atom. The molecule has 0 fully saturated rings. The summed E-state index contributed by atoms with van der Waals surface area (Å²) in [5, 5.41) is 9.83. The summed E-state index contributed by atoms with van der Waals surface area (Å²) in [6, 6.07) is 0. The van der Waals surface area contributed by atoms with Crippen molar-refractivity contribution in [2.75, 3.05) is 7.11 Å². The van der Waals surface area contributed by atoms with Crippen LogP contribution in [0, 0.1) is 5.92 Å². The summed E-state index contributed by atoms with van der Waals surface area (Å²) >= 11 is 0. The van der Waals surface area contributed by atoms with E-state index in [1.165, 1.54) is 0 Å². The Morgan fingerprint density at radius 2 is 1.82 bits per heavy atom. The Kier molecular flexibility index (Phi) is 4.04. The van der Waals surface area contributed by atoms with E-state index >= 15 is 0 Å². The van der Waals surface area contributed by atoms with Crippen LogP contribution in [0.1, 0.15) is 34.1 Å². The van der Waals surface area contributed by atoms with Crippen LogP contribution in [0.4, 0.5) is 0 Å². The Bertz CT molecular complexity index is 108. The van der Waals surface area contributed by atoms with Gasteiger partial charge in [0.1, 0.15) is 0 Å². The van der Waals surface area contributed by atoms with Gasteiger partial charge in [0.25, 0.3) is 0 Å². The summed E-state index contributed by atoms with van der Waals surface area (Å²) in [5.74, 6) is 0.502. The van der Waals surface area contributed by atoms with Crippen LogP contribution in [-0.2, 0) is 4.74 Å². The third-order valence-electron chi connectivity index (χ3n) is 2.05. The summed E-state index contributed by atoms with van der Waals surface area (Å²) in [4.78, 5) is 0. The van der Waals surface area contributed by atoms with Crippen molar-refractivity contribution in [3.05, 3.63) is 0 Å². The fourth-order valence-electron chi connectivity index (χ4n) is 1.25. The van der Waals surface area contributed by atoms with Gasteiger partial charge in [-0.3, -0.25) is 0 Å². The average Bonchev–Trinajstić information content (AvgIpc) is 1.83. The minimum absolute atomic E-state index is 0.0927. The van der Waals surface area contributed by atoms with Crippen molar-refractivity contribution in [2.24, 2.45) is 5.92 Å². The predicted molar refractivity (Wildman–Crippen MR) is 46.5 cm³/mol. The largest absolute Gasteiger partial charge is 0.387 e. The highest BCUT2D eigenvalue weighted by atomic mass is 16.5. The Labute approximate surface area is 69.6 Å². The van der Waals surface area contributed by atoms with E-state index in [2.05, 4.69) is 13.8 Å². The molecule has 0 heterocycles. The molecule has 0 saturated carbocycles. The Hall–Kier alpha value is -0.0800. The third-order valence-corrected chi connectivity index (χ3v) is 2.05. The molecule has 1 N–H and O–H groups in total. The second-order valence-electron chi connectivity index (χ2n) is 3.83. The minimum Gasteiger partial charge on any atom is -0.387 e. The molecule has 0 rings (SSSR count). The molecular formula is C9H20O2. The van der Waals surface area contributed by atoms with Crippen molar-refractivity contribution in [2.45, 2.75) is 45.8 Å². The van der Waals surface area contributed by atoms with Gasteiger partial charge in [0.15, 0.2) is 0 Å². The molecule has 0 aromatic rings. The summed E-state index contributed by atoms with van der Waals surface area (Å²) < 4.78 is 5.07. The van der Waals surface area contributed by atoms with Gasteiger partial charge in [0.2, 0.25) is 0 Å². The first-order valence-electron chi connectivity index (χ1n) is 4.15. The van der Waals surface area contributed by atoms with Crippen LogP contribution in [-0.4, -0.2) is 23.9 Å². The smallest absolute Gasteiger partial charge is 0.0879 e. The lowest BCUT2D eigenvalue weighted by Crippen LogP contribution is -2.39. The molecular weight excluding hydrogens is 140 g/mol. The van der Waals surface area contributed by atoms with Crippen LogP contribution in [0.3, 0.4) is 0 Å². The summed E-state index contributed by atoms with van der Waals surface area (Å²) in [6.07, 6.45) is 0.687. The van der Waals surface area contributed by atoms with Crippen LogP contribution >= 0.6 is 0 Å². The van der Waals surface area contributed by atoms with Crippen LogP contribution in [0.5, 0.6) is 0 Å². The van der Waals surface area contributed by atoms with Gasteiger partial charge in [-0.25, -0.2) is 0 Å². The zero-order valence-electron chi connectivity index (χ0n) is 8.22. The summed E-state index contributed by atoms with van der Waals surface area (Å²) in [7, 11) is 1.62. The van der Waals surface area contributed by atoms with Crippen molar-refractivity contribution in [1.82, 2.24) is 0 Å². The van der Waals surface area contributed by atoms with Gasteiger partial charge >= 0.3 is 0 Å². The van der Waals surface area contributed by atoms with Crippen molar-refractivity contribution in [3.63, 3.8) is 0 Å². The first-order valence-corrected chi connectivity index (χ1v) is 4.15. The van der Waals surface area contributed by atoms with Crippen molar-refractivity contribution in [1.29, 1.82) is 0 Å². The highest BCUT2D eigenvalue weighted by molar-refractivity contribution is 4.80. The average molecular weight is 160 g/mol. The highest BCUT2D eigenvalue weighted by Crippen LogP contribution is 2.21. The molecule has 11 heavy (non-hydrogen) atoms. The van der Waals surface area contributed by atoms with E-state index in [1.807, 2.05) is 13.8 Å². The molecule has 0 radical (unpaired) electrons. The van der Waals surface area contributed by atoms with Gasteiger partial charge in [-0.15, -0.1) is 0 Å². The maximum absolute atomic E-state index is 9.83. The summed E-state index contributed by atoms with van der Waals surface area (Å²) in [5.41, 5.74) is -0.692. The molecule has 0 saturated heterocycles. The standard InChI is InChI=1S/C9H20O2/c1-7(2)6-9(4,10)8(3)11-5/h7-8,10H,6H2,1-5H3. The molecule has 0 spiro atoms. The van der Waals surface area contributed by atoms with E-state index in [0.717, 1.165) is 6.42 Å². The van der Waals surface area contributed by atoms with E-state index in [-0.39, 0.29) is 6.10 Å². The van der Waals surface area contributed by atoms with E-state index in [4.69, 9.17) is 4.74 Å². The fraction of sp³-hybridized carbons (Fsp3) is 1.00. The topological polar surface area (TPSA) is 29.5 Å². The van der Waals surface area contributed by atoms with Crippen molar-refractivity contribution >= 4 is 0 Å². The SMILES string of the molecule is COC(C)C(C)(O)CC(C)C. The maximum atomic E-state index is 9.83. The molecule has 2 heteroatoms. The number of ether oxygens (including phenoxy) is 1. The van der Waals surface area contributed by atoms with Gasteiger partial charge in [-0.1, -0.05) is 13.8 Å². The van der Waals surface area contributed by atoms with E-state index in [9.17, 15) is 5.11 Å². The zero-order chi connectivity index (χ0) is 9.07. The lowest BCUT2D eigenvalue weighted by atomic mass is 9.90. The lowest BCUT2D eigenvalue weighted by Gasteiger charge is -2.30. The van der Waals surface area contributed by atoms with Gasteiger partial charge in [0, 0.05) is 7.11 Å². The lowest BCUT2D eigenvalue weighted by molar-refractivity contribution is -0.0831. The molecule has 68 valence electrons.